The molecule has 21 heavy (non-hydrogen) atoms. The lowest BCUT2D eigenvalue weighted by molar-refractivity contribution is 0.719. The van der Waals surface area contributed by atoms with E-state index in [1.165, 1.54) is 17.3 Å². The van der Waals surface area contributed by atoms with E-state index < -0.39 is 0 Å². The molecule has 0 atom stereocenters. The number of hydrogen-bond donors (Lipinski definition) is 1. The van der Waals surface area contributed by atoms with Gasteiger partial charge in [0.15, 0.2) is 0 Å². The van der Waals surface area contributed by atoms with Crippen LogP contribution in [0, 0.1) is 0 Å². The SMILES string of the molecule is CNc1nc(-n2cncn2)nc(-n2ccc(C(C)C)n2)n1. The number of anilines is 1. The Hall–Kier alpha value is -2.84. The summed E-state index contributed by atoms with van der Waals surface area (Å²) in [7, 11) is 1.74. The van der Waals surface area contributed by atoms with Gasteiger partial charge < -0.3 is 5.32 Å². The molecule has 0 fully saturated rings. The van der Waals surface area contributed by atoms with Crippen LogP contribution in [-0.4, -0.2) is 46.5 Å². The maximum atomic E-state index is 4.47. The van der Waals surface area contributed by atoms with Gasteiger partial charge in [-0.3, -0.25) is 0 Å². The van der Waals surface area contributed by atoms with Gasteiger partial charge in [0.25, 0.3) is 11.9 Å². The van der Waals surface area contributed by atoms with E-state index in [4.69, 9.17) is 0 Å². The van der Waals surface area contributed by atoms with Crippen molar-refractivity contribution in [1.82, 2.24) is 39.5 Å². The van der Waals surface area contributed by atoms with Crippen molar-refractivity contribution in [1.29, 1.82) is 0 Å². The van der Waals surface area contributed by atoms with Crippen molar-refractivity contribution in [2.45, 2.75) is 19.8 Å². The largest absolute Gasteiger partial charge is 0.357 e. The van der Waals surface area contributed by atoms with Crippen molar-refractivity contribution in [3.63, 3.8) is 0 Å². The molecule has 0 radical (unpaired) electrons. The minimum Gasteiger partial charge on any atom is -0.357 e. The standard InChI is InChI=1S/C12H15N9/c1-8(2)9-4-5-20(19-9)11-16-10(13-3)17-12(18-11)21-7-14-6-15-21/h4-8H,1-3H3,(H,13,16,17,18). The Balaban J connectivity index is 2.07. The minimum atomic E-state index is 0.339. The third-order valence-electron chi connectivity index (χ3n) is 2.87. The third-order valence-corrected chi connectivity index (χ3v) is 2.87. The van der Waals surface area contributed by atoms with Crippen LogP contribution >= 0.6 is 0 Å². The first-order chi connectivity index (χ1) is 10.2. The zero-order chi connectivity index (χ0) is 14.8. The van der Waals surface area contributed by atoms with Gasteiger partial charge in [-0.25, -0.2) is 9.67 Å². The Morgan fingerprint density at radius 3 is 2.43 bits per heavy atom. The highest BCUT2D eigenvalue weighted by molar-refractivity contribution is 5.31. The van der Waals surface area contributed by atoms with Crippen molar-refractivity contribution >= 4 is 5.95 Å². The Bertz CT molecular complexity index is 729. The van der Waals surface area contributed by atoms with E-state index in [2.05, 4.69) is 49.3 Å². The molecule has 0 aliphatic carbocycles. The van der Waals surface area contributed by atoms with Crippen LogP contribution in [0.3, 0.4) is 0 Å². The monoisotopic (exact) mass is 285 g/mol. The summed E-state index contributed by atoms with van der Waals surface area (Å²) in [6.45, 7) is 4.17. The number of nitrogens with one attached hydrogen (secondary N) is 1. The topological polar surface area (TPSA) is 99.2 Å². The smallest absolute Gasteiger partial charge is 0.258 e. The van der Waals surface area contributed by atoms with Gasteiger partial charge in [0.2, 0.25) is 5.95 Å². The number of nitrogens with zero attached hydrogens (tertiary/aromatic N) is 8. The Labute approximate surface area is 121 Å². The second-order valence-corrected chi connectivity index (χ2v) is 4.69. The first-order valence-electron chi connectivity index (χ1n) is 6.52. The van der Waals surface area contributed by atoms with Gasteiger partial charge >= 0.3 is 0 Å². The summed E-state index contributed by atoms with van der Waals surface area (Å²) < 4.78 is 3.09. The molecular formula is C12H15N9. The Morgan fingerprint density at radius 2 is 1.86 bits per heavy atom. The molecule has 0 aromatic carbocycles. The first kappa shape index (κ1) is 13.2. The summed E-state index contributed by atoms with van der Waals surface area (Å²) in [5.41, 5.74) is 0.976. The molecule has 9 nitrogen and oxygen atoms in total. The molecule has 0 aliphatic heterocycles. The van der Waals surface area contributed by atoms with Crippen LogP contribution in [0.1, 0.15) is 25.5 Å². The molecule has 0 saturated heterocycles. The van der Waals surface area contributed by atoms with Crippen LogP contribution in [-0.2, 0) is 0 Å². The zero-order valence-corrected chi connectivity index (χ0v) is 12.0. The molecule has 108 valence electrons. The van der Waals surface area contributed by atoms with Gasteiger partial charge in [0.1, 0.15) is 12.7 Å². The number of hydrogen-bond acceptors (Lipinski definition) is 7. The summed E-state index contributed by atoms with van der Waals surface area (Å²) in [4.78, 5) is 16.8. The predicted octanol–water partition coefficient (Wildman–Crippen LogP) is 0.803. The summed E-state index contributed by atoms with van der Waals surface area (Å²) in [5.74, 6) is 1.58. The number of aromatic nitrogens is 8. The van der Waals surface area contributed by atoms with Crippen molar-refractivity contribution in [3.05, 3.63) is 30.6 Å². The van der Waals surface area contributed by atoms with E-state index in [0.717, 1.165) is 5.69 Å². The fourth-order valence-corrected chi connectivity index (χ4v) is 1.74. The van der Waals surface area contributed by atoms with Crippen molar-refractivity contribution in [2.24, 2.45) is 0 Å². The van der Waals surface area contributed by atoms with E-state index in [1.54, 1.807) is 11.7 Å². The van der Waals surface area contributed by atoms with E-state index >= 15 is 0 Å². The normalized spacial score (nSPS) is 11.0. The molecule has 3 aromatic heterocycles. The highest BCUT2D eigenvalue weighted by Crippen LogP contribution is 2.13. The van der Waals surface area contributed by atoms with Crippen LogP contribution in [0.4, 0.5) is 5.95 Å². The Kier molecular flexibility index (Phi) is 3.30. The van der Waals surface area contributed by atoms with Gasteiger partial charge in [-0.2, -0.15) is 29.8 Å². The number of rotatable bonds is 4. The molecule has 3 rings (SSSR count). The average molecular weight is 285 g/mol. The molecule has 0 bridgehead atoms. The summed E-state index contributed by atoms with van der Waals surface area (Å²) in [6.07, 6.45) is 4.78. The van der Waals surface area contributed by atoms with E-state index in [9.17, 15) is 0 Å². The lowest BCUT2D eigenvalue weighted by Crippen LogP contribution is -2.12. The average Bonchev–Trinajstić information content (AvgIpc) is 3.18. The second kappa shape index (κ2) is 5.27. The molecule has 3 heterocycles. The molecule has 0 aliphatic rings. The van der Waals surface area contributed by atoms with Crippen LogP contribution in [0.5, 0.6) is 0 Å². The van der Waals surface area contributed by atoms with Gasteiger partial charge in [0, 0.05) is 13.2 Å². The first-order valence-corrected chi connectivity index (χ1v) is 6.52. The highest BCUT2D eigenvalue weighted by Gasteiger charge is 2.11. The van der Waals surface area contributed by atoms with Crippen LogP contribution < -0.4 is 5.32 Å². The molecule has 9 heteroatoms. The zero-order valence-electron chi connectivity index (χ0n) is 12.0. The minimum absolute atomic E-state index is 0.339. The predicted molar refractivity (Wildman–Crippen MR) is 75.5 cm³/mol. The second-order valence-electron chi connectivity index (χ2n) is 4.69. The third kappa shape index (κ3) is 2.57. The summed E-state index contributed by atoms with van der Waals surface area (Å²) >= 11 is 0. The molecule has 3 aromatic rings. The van der Waals surface area contributed by atoms with Gasteiger partial charge in [0.05, 0.1) is 5.69 Å². The van der Waals surface area contributed by atoms with Crippen molar-refractivity contribution in [2.75, 3.05) is 12.4 Å². The van der Waals surface area contributed by atoms with E-state index in [-0.39, 0.29) is 0 Å². The van der Waals surface area contributed by atoms with Crippen LogP contribution in [0.25, 0.3) is 11.9 Å². The lowest BCUT2D eigenvalue weighted by atomic mass is 10.1. The molecule has 1 N–H and O–H groups in total. The van der Waals surface area contributed by atoms with Gasteiger partial charge in [-0.05, 0) is 12.0 Å². The fraction of sp³-hybridized carbons (Fsp3) is 0.333. The van der Waals surface area contributed by atoms with E-state index in [1.807, 2.05) is 12.3 Å². The van der Waals surface area contributed by atoms with Crippen LogP contribution in [0.2, 0.25) is 0 Å². The fourth-order valence-electron chi connectivity index (χ4n) is 1.74. The molecular weight excluding hydrogens is 270 g/mol. The lowest BCUT2D eigenvalue weighted by Gasteiger charge is -2.06. The van der Waals surface area contributed by atoms with Gasteiger partial charge in [-0.1, -0.05) is 13.8 Å². The van der Waals surface area contributed by atoms with Crippen molar-refractivity contribution < 1.29 is 0 Å². The van der Waals surface area contributed by atoms with E-state index in [0.29, 0.717) is 23.8 Å². The van der Waals surface area contributed by atoms with Crippen LogP contribution in [0.15, 0.2) is 24.9 Å². The Morgan fingerprint density at radius 1 is 1.10 bits per heavy atom. The highest BCUT2D eigenvalue weighted by atomic mass is 15.4. The van der Waals surface area contributed by atoms with Crippen molar-refractivity contribution in [3.8, 4) is 11.9 Å². The summed E-state index contributed by atoms with van der Waals surface area (Å²) in [5, 5.41) is 11.4. The molecule has 0 amide bonds. The maximum absolute atomic E-state index is 4.47. The quantitative estimate of drug-likeness (QED) is 0.757. The summed E-state index contributed by atoms with van der Waals surface area (Å²) in [6, 6.07) is 1.95. The molecule has 0 unspecified atom stereocenters. The van der Waals surface area contributed by atoms with Gasteiger partial charge in [-0.15, -0.1) is 0 Å². The maximum Gasteiger partial charge on any atom is 0.258 e. The molecule has 0 spiro atoms. The molecule has 0 saturated carbocycles.